The van der Waals surface area contributed by atoms with Crippen LogP contribution in [0.2, 0.25) is 0 Å². The SMILES string of the molecule is C[C@@H](NCc1cc(F)cc(Br)c1)c1ccc(Br)cc1. The lowest BCUT2D eigenvalue weighted by atomic mass is 10.1. The summed E-state index contributed by atoms with van der Waals surface area (Å²) in [4.78, 5) is 0. The van der Waals surface area contributed by atoms with Gasteiger partial charge in [0, 0.05) is 21.5 Å². The number of hydrogen-bond acceptors (Lipinski definition) is 1. The molecule has 0 bridgehead atoms. The van der Waals surface area contributed by atoms with Crippen molar-refractivity contribution in [3.05, 3.63) is 68.4 Å². The molecule has 0 aliphatic rings. The van der Waals surface area contributed by atoms with Crippen LogP contribution in [0.1, 0.15) is 24.1 Å². The highest BCUT2D eigenvalue weighted by Gasteiger charge is 2.05. The normalized spacial score (nSPS) is 12.4. The Kier molecular flexibility index (Phi) is 5.13. The zero-order chi connectivity index (χ0) is 13.8. The van der Waals surface area contributed by atoms with Gasteiger partial charge in [-0.15, -0.1) is 0 Å². The first-order valence-corrected chi connectivity index (χ1v) is 7.57. The molecule has 0 saturated carbocycles. The molecule has 0 aromatic heterocycles. The smallest absolute Gasteiger partial charge is 0.124 e. The molecule has 2 aromatic rings. The minimum atomic E-state index is -0.220. The maximum Gasteiger partial charge on any atom is 0.124 e. The molecule has 0 spiro atoms. The molecule has 0 aliphatic heterocycles. The van der Waals surface area contributed by atoms with E-state index in [-0.39, 0.29) is 11.9 Å². The monoisotopic (exact) mass is 385 g/mol. The first kappa shape index (κ1) is 14.7. The molecule has 4 heteroatoms. The second-order valence-electron chi connectivity index (χ2n) is 4.43. The van der Waals surface area contributed by atoms with Gasteiger partial charge in [-0.25, -0.2) is 4.39 Å². The van der Waals surface area contributed by atoms with E-state index in [1.807, 2.05) is 18.2 Å². The van der Waals surface area contributed by atoms with E-state index >= 15 is 0 Å². The van der Waals surface area contributed by atoms with Crippen molar-refractivity contribution < 1.29 is 4.39 Å². The average Bonchev–Trinajstić information content (AvgIpc) is 2.36. The number of rotatable bonds is 4. The van der Waals surface area contributed by atoms with E-state index in [0.717, 1.165) is 14.5 Å². The van der Waals surface area contributed by atoms with Gasteiger partial charge in [-0.05, 0) is 48.4 Å². The molecule has 0 unspecified atom stereocenters. The van der Waals surface area contributed by atoms with E-state index in [1.54, 1.807) is 6.07 Å². The third kappa shape index (κ3) is 4.41. The number of halogens is 3. The van der Waals surface area contributed by atoms with Crippen molar-refractivity contribution >= 4 is 31.9 Å². The van der Waals surface area contributed by atoms with E-state index in [1.165, 1.54) is 11.6 Å². The third-order valence-corrected chi connectivity index (χ3v) is 3.89. The highest BCUT2D eigenvalue weighted by Crippen LogP contribution is 2.18. The molecular weight excluding hydrogens is 373 g/mol. The fourth-order valence-electron chi connectivity index (χ4n) is 1.85. The van der Waals surface area contributed by atoms with Gasteiger partial charge in [0.05, 0.1) is 0 Å². The van der Waals surface area contributed by atoms with E-state index in [9.17, 15) is 4.39 Å². The second-order valence-corrected chi connectivity index (χ2v) is 6.26. The number of nitrogens with one attached hydrogen (secondary N) is 1. The van der Waals surface area contributed by atoms with Gasteiger partial charge in [-0.1, -0.05) is 44.0 Å². The van der Waals surface area contributed by atoms with Gasteiger partial charge in [0.15, 0.2) is 0 Å². The summed E-state index contributed by atoms with van der Waals surface area (Å²) in [6.07, 6.45) is 0. The van der Waals surface area contributed by atoms with Crippen LogP contribution in [-0.4, -0.2) is 0 Å². The van der Waals surface area contributed by atoms with Crippen molar-refractivity contribution in [1.29, 1.82) is 0 Å². The summed E-state index contributed by atoms with van der Waals surface area (Å²) < 4.78 is 15.1. The lowest BCUT2D eigenvalue weighted by Gasteiger charge is -2.14. The van der Waals surface area contributed by atoms with Crippen LogP contribution in [0.25, 0.3) is 0 Å². The van der Waals surface area contributed by atoms with Gasteiger partial charge in [0.25, 0.3) is 0 Å². The van der Waals surface area contributed by atoms with Crippen molar-refractivity contribution in [2.75, 3.05) is 0 Å². The van der Waals surface area contributed by atoms with Crippen LogP contribution < -0.4 is 5.32 Å². The van der Waals surface area contributed by atoms with E-state index < -0.39 is 0 Å². The number of hydrogen-bond donors (Lipinski definition) is 1. The minimum Gasteiger partial charge on any atom is -0.306 e. The molecule has 0 saturated heterocycles. The molecule has 1 nitrogen and oxygen atoms in total. The van der Waals surface area contributed by atoms with Crippen LogP contribution in [0.4, 0.5) is 4.39 Å². The van der Waals surface area contributed by atoms with Crippen LogP contribution >= 0.6 is 31.9 Å². The minimum absolute atomic E-state index is 0.218. The molecule has 0 heterocycles. The predicted molar refractivity (Wildman–Crippen MR) is 83.5 cm³/mol. The van der Waals surface area contributed by atoms with Gasteiger partial charge in [0.2, 0.25) is 0 Å². The van der Waals surface area contributed by atoms with Crippen LogP contribution in [0.15, 0.2) is 51.4 Å². The summed E-state index contributed by atoms with van der Waals surface area (Å²) in [5.41, 5.74) is 2.13. The molecule has 0 fully saturated rings. The Morgan fingerprint density at radius 2 is 1.74 bits per heavy atom. The van der Waals surface area contributed by atoms with Crippen LogP contribution in [-0.2, 0) is 6.54 Å². The summed E-state index contributed by atoms with van der Waals surface area (Å²) in [6.45, 7) is 2.73. The van der Waals surface area contributed by atoms with Crippen molar-refractivity contribution in [3.63, 3.8) is 0 Å². The van der Waals surface area contributed by atoms with Crippen LogP contribution in [0, 0.1) is 5.82 Å². The van der Waals surface area contributed by atoms with Gasteiger partial charge in [0.1, 0.15) is 5.82 Å². The maximum atomic E-state index is 13.3. The number of benzene rings is 2. The first-order valence-electron chi connectivity index (χ1n) is 5.98. The molecule has 1 atom stereocenters. The highest BCUT2D eigenvalue weighted by atomic mass is 79.9. The Bertz CT molecular complexity index is 534. The second kappa shape index (κ2) is 6.64. The van der Waals surface area contributed by atoms with Crippen molar-refractivity contribution in [2.45, 2.75) is 19.5 Å². The van der Waals surface area contributed by atoms with Crippen molar-refractivity contribution in [1.82, 2.24) is 5.32 Å². The zero-order valence-corrected chi connectivity index (χ0v) is 13.6. The molecule has 2 rings (SSSR count). The summed E-state index contributed by atoms with van der Waals surface area (Å²) >= 11 is 6.72. The van der Waals surface area contributed by atoms with Gasteiger partial charge in [-0.3, -0.25) is 0 Å². The quantitative estimate of drug-likeness (QED) is 0.761. The Morgan fingerprint density at radius 1 is 1.05 bits per heavy atom. The Morgan fingerprint density at radius 3 is 2.37 bits per heavy atom. The average molecular weight is 387 g/mol. The van der Waals surface area contributed by atoms with Crippen molar-refractivity contribution in [2.24, 2.45) is 0 Å². The summed E-state index contributed by atoms with van der Waals surface area (Å²) in [5.74, 6) is -0.220. The van der Waals surface area contributed by atoms with Gasteiger partial charge >= 0.3 is 0 Å². The zero-order valence-electron chi connectivity index (χ0n) is 10.5. The van der Waals surface area contributed by atoms with Gasteiger partial charge in [-0.2, -0.15) is 0 Å². The van der Waals surface area contributed by atoms with E-state index in [2.05, 4.69) is 56.2 Å². The fraction of sp³-hybridized carbons (Fsp3) is 0.200. The fourth-order valence-corrected chi connectivity index (χ4v) is 2.63. The molecule has 0 amide bonds. The topological polar surface area (TPSA) is 12.0 Å². The Balaban J connectivity index is 1.99. The molecule has 1 N–H and O–H groups in total. The van der Waals surface area contributed by atoms with Crippen LogP contribution in [0.3, 0.4) is 0 Å². The molecular formula is C15H14Br2FN. The Hall–Kier alpha value is -0.710. The molecule has 100 valence electrons. The maximum absolute atomic E-state index is 13.3. The molecule has 0 aliphatic carbocycles. The molecule has 2 aromatic carbocycles. The third-order valence-electron chi connectivity index (χ3n) is 2.90. The molecule has 19 heavy (non-hydrogen) atoms. The lowest BCUT2D eigenvalue weighted by Crippen LogP contribution is -2.18. The molecule has 0 radical (unpaired) electrons. The standard InChI is InChI=1S/C15H14Br2FN/c1-10(12-2-4-13(16)5-3-12)19-9-11-6-14(17)8-15(18)7-11/h2-8,10,19H,9H2,1H3/t10-/m1/s1. The summed E-state index contributed by atoms with van der Waals surface area (Å²) in [5, 5.41) is 3.39. The van der Waals surface area contributed by atoms with Crippen LogP contribution in [0.5, 0.6) is 0 Å². The largest absolute Gasteiger partial charge is 0.306 e. The lowest BCUT2D eigenvalue weighted by molar-refractivity contribution is 0.569. The highest BCUT2D eigenvalue weighted by molar-refractivity contribution is 9.10. The van der Waals surface area contributed by atoms with Gasteiger partial charge < -0.3 is 5.32 Å². The van der Waals surface area contributed by atoms with E-state index in [0.29, 0.717) is 6.54 Å². The summed E-state index contributed by atoms with van der Waals surface area (Å²) in [7, 11) is 0. The summed E-state index contributed by atoms with van der Waals surface area (Å²) in [6, 6.07) is 13.3. The first-order chi connectivity index (χ1) is 9.04. The van der Waals surface area contributed by atoms with Crippen molar-refractivity contribution in [3.8, 4) is 0 Å². The van der Waals surface area contributed by atoms with E-state index in [4.69, 9.17) is 0 Å². The predicted octanol–water partition coefficient (Wildman–Crippen LogP) is 5.20. The Labute approximate surface area is 129 Å².